The van der Waals surface area contributed by atoms with E-state index in [0.29, 0.717) is 13.1 Å². The highest BCUT2D eigenvalue weighted by Crippen LogP contribution is 2.22. The molecule has 3 rings (SSSR count). The number of aryl methyl sites for hydroxylation is 1. The molecule has 1 fully saturated rings. The van der Waals surface area contributed by atoms with Gasteiger partial charge in [0.15, 0.2) is 0 Å². The minimum absolute atomic E-state index is 0.0931. The van der Waals surface area contributed by atoms with E-state index in [1.807, 2.05) is 0 Å². The first-order valence-electron chi connectivity index (χ1n) is 9.05. The second-order valence-electron chi connectivity index (χ2n) is 6.76. The summed E-state index contributed by atoms with van der Waals surface area (Å²) < 4.78 is 55.4. The zero-order valence-corrected chi connectivity index (χ0v) is 16.3. The SMILES string of the molecule is Cn1cc(C(=O)NCc2ccc(F)cc2F)c(S(=O)(=O)N2CCCCCC2)n1. The van der Waals surface area contributed by atoms with E-state index in [2.05, 4.69) is 10.4 Å². The summed E-state index contributed by atoms with van der Waals surface area (Å²) in [4.78, 5) is 12.6. The van der Waals surface area contributed by atoms with Gasteiger partial charge in [0, 0.05) is 44.5 Å². The molecular weight excluding hydrogens is 390 g/mol. The molecule has 1 aliphatic rings. The molecule has 0 unspecified atom stereocenters. The summed E-state index contributed by atoms with van der Waals surface area (Å²) in [7, 11) is -2.39. The minimum Gasteiger partial charge on any atom is -0.348 e. The fraction of sp³-hybridized carbons (Fsp3) is 0.444. The standard InChI is InChI=1S/C18H22F2N4O3S/c1-23-12-15(17(25)21-11-13-6-7-14(19)10-16(13)20)18(22-23)28(26,27)24-8-4-2-3-5-9-24/h6-7,10,12H,2-5,8-9,11H2,1H3,(H,21,25). The van der Waals surface area contributed by atoms with Crippen molar-refractivity contribution >= 4 is 15.9 Å². The molecule has 0 aliphatic carbocycles. The molecule has 152 valence electrons. The summed E-state index contributed by atoms with van der Waals surface area (Å²) in [5.41, 5.74) is -0.00941. The van der Waals surface area contributed by atoms with E-state index in [4.69, 9.17) is 0 Å². The van der Waals surface area contributed by atoms with Gasteiger partial charge in [-0.3, -0.25) is 9.48 Å². The van der Waals surface area contributed by atoms with Crippen LogP contribution in [0.5, 0.6) is 0 Å². The van der Waals surface area contributed by atoms with E-state index in [0.717, 1.165) is 37.8 Å². The molecule has 1 saturated heterocycles. The third-order valence-electron chi connectivity index (χ3n) is 4.64. The molecule has 2 heterocycles. The average Bonchev–Trinajstić information content (AvgIpc) is 2.86. The molecular formula is C18H22F2N4O3S. The largest absolute Gasteiger partial charge is 0.348 e. The van der Waals surface area contributed by atoms with Crippen LogP contribution in [0, 0.1) is 11.6 Å². The zero-order valence-electron chi connectivity index (χ0n) is 15.5. The van der Waals surface area contributed by atoms with Crippen LogP contribution in [0.1, 0.15) is 41.6 Å². The van der Waals surface area contributed by atoms with Crippen molar-refractivity contribution in [1.82, 2.24) is 19.4 Å². The van der Waals surface area contributed by atoms with Crippen molar-refractivity contribution in [2.75, 3.05) is 13.1 Å². The summed E-state index contributed by atoms with van der Waals surface area (Å²) in [6.45, 7) is 0.574. The number of sulfonamides is 1. The van der Waals surface area contributed by atoms with E-state index in [-0.39, 0.29) is 22.7 Å². The Bertz CT molecular complexity index is 967. The Balaban J connectivity index is 1.81. The molecule has 0 spiro atoms. The topological polar surface area (TPSA) is 84.3 Å². The van der Waals surface area contributed by atoms with Crippen molar-refractivity contribution in [3.63, 3.8) is 0 Å². The Morgan fingerprint density at radius 1 is 1.18 bits per heavy atom. The Labute approximate surface area is 162 Å². The highest BCUT2D eigenvalue weighted by Gasteiger charge is 2.32. The number of carbonyl (C=O) groups is 1. The predicted octanol–water partition coefficient (Wildman–Crippen LogP) is 2.19. The molecule has 0 radical (unpaired) electrons. The Kier molecular flexibility index (Phi) is 6.09. The predicted molar refractivity (Wildman–Crippen MR) is 98.0 cm³/mol. The highest BCUT2D eigenvalue weighted by atomic mass is 32.2. The number of rotatable bonds is 5. The van der Waals surface area contributed by atoms with Crippen molar-refractivity contribution in [3.8, 4) is 0 Å². The van der Waals surface area contributed by atoms with E-state index >= 15 is 0 Å². The molecule has 1 aliphatic heterocycles. The summed E-state index contributed by atoms with van der Waals surface area (Å²) in [5.74, 6) is -2.19. The third-order valence-corrected chi connectivity index (χ3v) is 6.48. The maximum Gasteiger partial charge on any atom is 0.263 e. The summed E-state index contributed by atoms with van der Waals surface area (Å²) in [6.07, 6.45) is 4.77. The number of amides is 1. The number of nitrogens with one attached hydrogen (secondary N) is 1. The van der Waals surface area contributed by atoms with Gasteiger partial charge in [0.25, 0.3) is 15.9 Å². The number of nitrogens with zero attached hydrogens (tertiary/aromatic N) is 3. The molecule has 10 heteroatoms. The van der Waals surface area contributed by atoms with E-state index < -0.39 is 27.6 Å². The van der Waals surface area contributed by atoms with Crippen molar-refractivity contribution in [2.45, 2.75) is 37.3 Å². The lowest BCUT2D eigenvalue weighted by atomic mass is 10.2. The lowest BCUT2D eigenvalue weighted by Gasteiger charge is -2.19. The fourth-order valence-electron chi connectivity index (χ4n) is 3.15. The van der Waals surface area contributed by atoms with Gasteiger partial charge in [-0.1, -0.05) is 18.9 Å². The Morgan fingerprint density at radius 3 is 2.50 bits per heavy atom. The molecule has 0 atom stereocenters. The van der Waals surface area contributed by atoms with Gasteiger partial charge in [0.05, 0.1) is 5.56 Å². The average molecular weight is 412 g/mol. The first-order valence-corrected chi connectivity index (χ1v) is 10.5. The van der Waals surface area contributed by atoms with Gasteiger partial charge in [-0.05, 0) is 18.9 Å². The van der Waals surface area contributed by atoms with Crippen molar-refractivity contribution < 1.29 is 22.0 Å². The molecule has 7 nitrogen and oxygen atoms in total. The molecule has 1 aromatic carbocycles. The maximum atomic E-state index is 13.7. The van der Waals surface area contributed by atoms with Gasteiger partial charge >= 0.3 is 0 Å². The first kappa shape index (κ1) is 20.4. The van der Waals surface area contributed by atoms with Gasteiger partial charge in [0.2, 0.25) is 5.03 Å². The van der Waals surface area contributed by atoms with Crippen molar-refractivity contribution in [2.24, 2.45) is 7.05 Å². The number of aromatic nitrogens is 2. The highest BCUT2D eigenvalue weighted by molar-refractivity contribution is 7.89. The lowest BCUT2D eigenvalue weighted by molar-refractivity contribution is 0.0947. The first-order chi connectivity index (χ1) is 13.3. The number of benzene rings is 1. The summed E-state index contributed by atoms with van der Waals surface area (Å²) in [6, 6.07) is 3.04. The third kappa shape index (κ3) is 4.39. The Hall–Kier alpha value is -2.33. The Morgan fingerprint density at radius 2 is 1.86 bits per heavy atom. The van der Waals surface area contributed by atoms with Crippen LogP contribution in [0.4, 0.5) is 8.78 Å². The summed E-state index contributed by atoms with van der Waals surface area (Å²) in [5, 5.41) is 6.16. The van der Waals surface area contributed by atoms with Gasteiger partial charge in [-0.15, -0.1) is 0 Å². The van der Waals surface area contributed by atoms with Crippen LogP contribution in [0.2, 0.25) is 0 Å². The van der Waals surface area contributed by atoms with Crippen LogP contribution in [-0.2, 0) is 23.6 Å². The van der Waals surface area contributed by atoms with Crippen molar-refractivity contribution in [3.05, 3.63) is 47.2 Å². The van der Waals surface area contributed by atoms with Crippen LogP contribution >= 0.6 is 0 Å². The smallest absolute Gasteiger partial charge is 0.263 e. The second kappa shape index (κ2) is 8.36. The van der Waals surface area contributed by atoms with Gasteiger partial charge in [-0.2, -0.15) is 9.40 Å². The molecule has 0 bridgehead atoms. The lowest BCUT2D eigenvalue weighted by Crippen LogP contribution is -2.34. The maximum absolute atomic E-state index is 13.7. The van der Waals surface area contributed by atoms with E-state index in [1.54, 1.807) is 0 Å². The fourth-order valence-corrected chi connectivity index (χ4v) is 4.79. The van der Waals surface area contributed by atoms with Gasteiger partial charge in [-0.25, -0.2) is 17.2 Å². The molecule has 2 aromatic rings. The quantitative estimate of drug-likeness (QED) is 0.816. The number of halogens is 2. The molecule has 0 saturated carbocycles. The summed E-state index contributed by atoms with van der Waals surface area (Å²) >= 11 is 0. The molecule has 1 amide bonds. The van der Waals surface area contributed by atoms with Crippen LogP contribution in [-0.4, -0.2) is 41.5 Å². The number of carbonyl (C=O) groups excluding carboxylic acids is 1. The number of hydrogen-bond donors (Lipinski definition) is 1. The zero-order chi connectivity index (χ0) is 20.3. The normalized spacial score (nSPS) is 16.0. The van der Waals surface area contributed by atoms with Crippen LogP contribution < -0.4 is 5.32 Å². The van der Waals surface area contributed by atoms with E-state index in [1.165, 1.54) is 28.3 Å². The van der Waals surface area contributed by atoms with Crippen LogP contribution in [0.3, 0.4) is 0 Å². The van der Waals surface area contributed by atoms with Crippen LogP contribution in [0.25, 0.3) is 0 Å². The van der Waals surface area contributed by atoms with Crippen LogP contribution in [0.15, 0.2) is 29.4 Å². The van der Waals surface area contributed by atoms with Gasteiger partial charge < -0.3 is 5.32 Å². The van der Waals surface area contributed by atoms with Crippen molar-refractivity contribution in [1.29, 1.82) is 0 Å². The monoisotopic (exact) mass is 412 g/mol. The van der Waals surface area contributed by atoms with E-state index in [9.17, 15) is 22.0 Å². The molecule has 1 aromatic heterocycles. The number of hydrogen-bond acceptors (Lipinski definition) is 4. The minimum atomic E-state index is -3.92. The molecule has 28 heavy (non-hydrogen) atoms. The second-order valence-corrected chi connectivity index (χ2v) is 8.61. The van der Waals surface area contributed by atoms with Gasteiger partial charge in [0.1, 0.15) is 11.6 Å². The molecule has 1 N–H and O–H groups in total.